The molecule has 1 saturated heterocycles. The van der Waals surface area contributed by atoms with Crippen molar-refractivity contribution in [3.05, 3.63) is 0 Å². The molecule has 1 aliphatic heterocycles. The number of hydrogen-bond acceptors (Lipinski definition) is 3. The van der Waals surface area contributed by atoms with Crippen molar-refractivity contribution in [3.63, 3.8) is 0 Å². The number of hydrogen-bond donors (Lipinski definition) is 2. The van der Waals surface area contributed by atoms with Crippen LogP contribution < -0.4 is 10.8 Å². The molecule has 0 aromatic heterocycles. The van der Waals surface area contributed by atoms with E-state index in [2.05, 4.69) is 17.7 Å². The maximum atomic E-state index is 12.2. The first-order valence-corrected chi connectivity index (χ1v) is 6.94. The summed E-state index contributed by atoms with van der Waals surface area (Å²) in [6.07, 6.45) is 7.60. The van der Waals surface area contributed by atoms with E-state index >= 15 is 0 Å². The molecule has 2 fully saturated rings. The summed E-state index contributed by atoms with van der Waals surface area (Å²) in [5.41, 5.74) is 2.51. The van der Waals surface area contributed by atoms with Crippen LogP contribution in [-0.2, 0) is 9.63 Å². The first-order chi connectivity index (χ1) is 8.27. The Labute approximate surface area is 103 Å². The molecule has 0 spiro atoms. The molecule has 0 aromatic rings. The molecule has 1 saturated carbocycles. The molecule has 4 heteroatoms. The van der Waals surface area contributed by atoms with E-state index in [4.69, 9.17) is 4.84 Å². The van der Waals surface area contributed by atoms with Crippen molar-refractivity contribution in [2.75, 3.05) is 13.1 Å². The smallest absolute Gasteiger partial charge is 0.249 e. The highest BCUT2D eigenvalue weighted by Crippen LogP contribution is 2.32. The Morgan fingerprint density at radius 2 is 2.00 bits per heavy atom. The molecule has 98 valence electrons. The van der Waals surface area contributed by atoms with Crippen LogP contribution in [0, 0.1) is 5.41 Å². The van der Waals surface area contributed by atoms with Gasteiger partial charge in [0.2, 0.25) is 5.91 Å². The third-order valence-corrected chi connectivity index (χ3v) is 4.34. The molecule has 0 bridgehead atoms. The molecule has 2 rings (SSSR count). The Morgan fingerprint density at radius 1 is 1.35 bits per heavy atom. The Hall–Kier alpha value is -0.610. The van der Waals surface area contributed by atoms with Crippen molar-refractivity contribution < 1.29 is 9.63 Å². The van der Waals surface area contributed by atoms with Gasteiger partial charge in [-0.3, -0.25) is 9.63 Å². The van der Waals surface area contributed by atoms with Crippen LogP contribution in [0.2, 0.25) is 0 Å². The van der Waals surface area contributed by atoms with Crippen LogP contribution in [0.15, 0.2) is 0 Å². The van der Waals surface area contributed by atoms with Crippen LogP contribution in [0.25, 0.3) is 0 Å². The Balaban J connectivity index is 1.83. The summed E-state index contributed by atoms with van der Waals surface area (Å²) in [6.45, 7) is 3.97. The minimum atomic E-state index is -0.205. The lowest BCUT2D eigenvalue weighted by atomic mass is 9.76. The standard InChI is InChI=1S/C13H24N2O2/c1-2-13(7-9-14-10-8-13)12(16)15-17-11-5-3-4-6-11/h11,14H,2-10H2,1H3,(H,15,16). The van der Waals surface area contributed by atoms with Crippen LogP contribution >= 0.6 is 0 Å². The highest BCUT2D eigenvalue weighted by atomic mass is 16.7. The van der Waals surface area contributed by atoms with Crippen LogP contribution in [-0.4, -0.2) is 25.1 Å². The number of rotatable bonds is 4. The molecule has 0 radical (unpaired) electrons. The first-order valence-electron chi connectivity index (χ1n) is 6.94. The molecule has 1 amide bonds. The number of hydroxylamine groups is 1. The van der Waals surface area contributed by atoms with Crippen LogP contribution in [0.4, 0.5) is 0 Å². The molecular weight excluding hydrogens is 216 g/mol. The number of piperidine rings is 1. The topological polar surface area (TPSA) is 50.4 Å². The molecule has 1 aliphatic carbocycles. The first kappa shape index (κ1) is 12.8. The maximum absolute atomic E-state index is 12.2. The third-order valence-electron chi connectivity index (χ3n) is 4.34. The van der Waals surface area contributed by atoms with Gasteiger partial charge in [0, 0.05) is 0 Å². The summed E-state index contributed by atoms with van der Waals surface area (Å²) in [5, 5.41) is 3.31. The zero-order valence-electron chi connectivity index (χ0n) is 10.8. The fourth-order valence-corrected chi connectivity index (χ4v) is 2.90. The molecule has 0 aromatic carbocycles. The summed E-state index contributed by atoms with van der Waals surface area (Å²) >= 11 is 0. The highest BCUT2D eigenvalue weighted by Gasteiger charge is 2.38. The number of nitrogens with one attached hydrogen (secondary N) is 2. The van der Waals surface area contributed by atoms with Gasteiger partial charge in [0.1, 0.15) is 0 Å². The number of carbonyl (C=O) groups excluding carboxylic acids is 1. The van der Waals surface area contributed by atoms with Gasteiger partial charge in [-0.1, -0.05) is 19.8 Å². The third kappa shape index (κ3) is 2.99. The molecule has 17 heavy (non-hydrogen) atoms. The van der Waals surface area contributed by atoms with Crippen molar-refractivity contribution >= 4 is 5.91 Å². The lowest BCUT2D eigenvalue weighted by Gasteiger charge is -2.35. The normalized spacial score (nSPS) is 24.8. The van der Waals surface area contributed by atoms with Gasteiger partial charge in [-0.05, 0) is 45.2 Å². The second kappa shape index (κ2) is 5.83. The highest BCUT2D eigenvalue weighted by molar-refractivity contribution is 5.81. The second-order valence-corrected chi connectivity index (χ2v) is 5.34. The van der Waals surface area contributed by atoms with E-state index in [1.807, 2.05) is 0 Å². The zero-order chi connectivity index (χ0) is 12.1. The Bertz CT molecular complexity index is 256. The SMILES string of the molecule is CCC1(C(=O)NOC2CCCC2)CCNCC1. The van der Waals surface area contributed by atoms with Gasteiger partial charge < -0.3 is 5.32 Å². The van der Waals surface area contributed by atoms with Gasteiger partial charge in [-0.15, -0.1) is 0 Å². The van der Waals surface area contributed by atoms with Crippen molar-refractivity contribution in [1.29, 1.82) is 0 Å². The average molecular weight is 240 g/mol. The average Bonchev–Trinajstić information content (AvgIpc) is 2.90. The van der Waals surface area contributed by atoms with E-state index in [0.717, 1.165) is 45.2 Å². The summed E-state index contributed by atoms with van der Waals surface area (Å²) in [6, 6.07) is 0. The van der Waals surface area contributed by atoms with Crippen molar-refractivity contribution in [1.82, 2.24) is 10.8 Å². The van der Waals surface area contributed by atoms with Gasteiger partial charge in [0.05, 0.1) is 11.5 Å². The van der Waals surface area contributed by atoms with Crippen molar-refractivity contribution in [3.8, 4) is 0 Å². The predicted octanol–water partition coefficient (Wildman–Crippen LogP) is 1.76. The molecule has 2 aliphatic rings. The van der Waals surface area contributed by atoms with Crippen LogP contribution in [0.1, 0.15) is 51.9 Å². The fraction of sp³-hybridized carbons (Fsp3) is 0.923. The maximum Gasteiger partial charge on any atom is 0.249 e. The van der Waals surface area contributed by atoms with E-state index < -0.39 is 0 Å². The lowest BCUT2D eigenvalue weighted by molar-refractivity contribution is -0.150. The molecule has 4 nitrogen and oxygen atoms in total. The monoisotopic (exact) mass is 240 g/mol. The van der Waals surface area contributed by atoms with Gasteiger partial charge in [0.25, 0.3) is 0 Å². The number of amides is 1. The van der Waals surface area contributed by atoms with Gasteiger partial charge >= 0.3 is 0 Å². The van der Waals surface area contributed by atoms with Gasteiger partial charge in [-0.25, -0.2) is 5.48 Å². The fourth-order valence-electron chi connectivity index (χ4n) is 2.90. The summed E-state index contributed by atoms with van der Waals surface area (Å²) < 4.78 is 0. The van der Waals surface area contributed by atoms with Gasteiger partial charge in [-0.2, -0.15) is 0 Å². The Kier molecular flexibility index (Phi) is 4.40. The second-order valence-electron chi connectivity index (χ2n) is 5.34. The van der Waals surface area contributed by atoms with Gasteiger partial charge in [0.15, 0.2) is 0 Å². The molecule has 0 unspecified atom stereocenters. The molecular formula is C13H24N2O2. The van der Waals surface area contributed by atoms with Crippen LogP contribution in [0.5, 0.6) is 0 Å². The minimum Gasteiger partial charge on any atom is -0.317 e. The molecule has 2 N–H and O–H groups in total. The molecule has 0 atom stereocenters. The van der Waals surface area contributed by atoms with E-state index in [1.165, 1.54) is 12.8 Å². The van der Waals surface area contributed by atoms with Crippen LogP contribution in [0.3, 0.4) is 0 Å². The Morgan fingerprint density at radius 3 is 2.59 bits per heavy atom. The van der Waals surface area contributed by atoms with E-state index in [-0.39, 0.29) is 17.4 Å². The minimum absolute atomic E-state index is 0.0911. The summed E-state index contributed by atoms with van der Waals surface area (Å²) in [7, 11) is 0. The zero-order valence-corrected chi connectivity index (χ0v) is 10.8. The predicted molar refractivity (Wildman–Crippen MR) is 66.3 cm³/mol. The largest absolute Gasteiger partial charge is 0.317 e. The van der Waals surface area contributed by atoms with E-state index in [1.54, 1.807) is 0 Å². The van der Waals surface area contributed by atoms with Crippen molar-refractivity contribution in [2.24, 2.45) is 5.41 Å². The number of carbonyl (C=O) groups is 1. The molecule has 1 heterocycles. The van der Waals surface area contributed by atoms with Crippen molar-refractivity contribution in [2.45, 2.75) is 58.0 Å². The summed E-state index contributed by atoms with van der Waals surface area (Å²) in [4.78, 5) is 17.8. The van der Waals surface area contributed by atoms with E-state index in [9.17, 15) is 4.79 Å². The quantitative estimate of drug-likeness (QED) is 0.736. The van der Waals surface area contributed by atoms with E-state index in [0.29, 0.717) is 0 Å². The summed E-state index contributed by atoms with van der Waals surface area (Å²) in [5.74, 6) is 0.0911. The lowest BCUT2D eigenvalue weighted by Crippen LogP contribution is -2.47.